The molecular weight excluding hydrogens is 234 g/mol. The van der Waals surface area contributed by atoms with Crippen molar-refractivity contribution in [3.63, 3.8) is 0 Å². The molecule has 2 fully saturated rings. The smallest absolute Gasteiger partial charge is 0.0315 e. The largest absolute Gasteiger partial charge is 0.317 e. The first-order valence-corrected chi connectivity index (χ1v) is 7.67. The summed E-state index contributed by atoms with van der Waals surface area (Å²) in [7, 11) is 0. The zero-order valence-electron chi connectivity index (χ0n) is 11.9. The normalized spacial score (nSPS) is 20.9. The van der Waals surface area contributed by atoms with Gasteiger partial charge in [-0.3, -0.25) is 9.88 Å². The van der Waals surface area contributed by atoms with Crippen molar-refractivity contribution in [1.29, 1.82) is 0 Å². The standard InChI is InChI=1S/C16H25N3/c1-13-4-7-18-10-15(13)12-19(16-2-3-16)11-14-5-8-17-9-6-14/h4,7,10,14,16-17H,2-3,5-6,8-9,11-12H2,1H3. The van der Waals surface area contributed by atoms with E-state index in [9.17, 15) is 0 Å². The third-order valence-electron chi connectivity index (χ3n) is 4.54. The molecule has 0 aromatic carbocycles. The van der Waals surface area contributed by atoms with Gasteiger partial charge in [-0.2, -0.15) is 0 Å². The lowest BCUT2D eigenvalue weighted by molar-refractivity contribution is 0.190. The van der Waals surface area contributed by atoms with Crippen LogP contribution in [0.4, 0.5) is 0 Å². The molecule has 1 saturated heterocycles. The van der Waals surface area contributed by atoms with Crippen molar-refractivity contribution < 1.29 is 0 Å². The zero-order valence-corrected chi connectivity index (χ0v) is 11.9. The highest BCUT2D eigenvalue weighted by atomic mass is 15.2. The van der Waals surface area contributed by atoms with E-state index in [2.05, 4.69) is 28.2 Å². The Morgan fingerprint density at radius 3 is 2.74 bits per heavy atom. The molecule has 1 N–H and O–H groups in total. The maximum Gasteiger partial charge on any atom is 0.0315 e. The minimum atomic E-state index is 0.842. The molecular formula is C16H25N3. The van der Waals surface area contributed by atoms with Gasteiger partial charge in [0.05, 0.1) is 0 Å². The van der Waals surface area contributed by atoms with Gasteiger partial charge in [-0.25, -0.2) is 0 Å². The van der Waals surface area contributed by atoms with Gasteiger partial charge < -0.3 is 5.32 Å². The van der Waals surface area contributed by atoms with Gasteiger partial charge in [0.25, 0.3) is 0 Å². The van der Waals surface area contributed by atoms with E-state index in [0.717, 1.165) is 18.5 Å². The first kappa shape index (κ1) is 13.1. The number of nitrogens with one attached hydrogen (secondary N) is 1. The molecule has 2 aliphatic rings. The molecule has 1 aliphatic carbocycles. The van der Waals surface area contributed by atoms with Crippen molar-refractivity contribution in [3.05, 3.63) is 29.6 Å². The van der Waals surface area contributed by atoms with E-state index in [1.54, 1.807) is 0 Å². The Morgan fingerprint density at radius 2 is 2.05 bits per heavy atom. The molecule has 0 bridgehead atoms. The van der Waals surface area contributed by atoms with Crippen LogP contribution in [0.3, 0.4) is 0 Å². The van der Waals surface area contributed by atoms with Crippen LogP contribution in [0.15, 0.2) is 18.5 Å². The van der Waals surface area contributed by atoms with Crippen molar-refractivity contribution in [3.8, 4) is 0 Å². The first-order valence-electron chi connectivity index (χ1n) is 7.67. The maximum absolute atomic E-state index is 4.29. The summed E-state index contributed by atoms with van der Waals surface area (Å²) in [6.45, 7) is 6.98. The van der Waals surface area contributed by atoms with E-state index in [1.807, 2.05) is 12.4 Å². The van der Waals surface area contributed by atoms with E-state index in [0.29, 0.717) is 0 Å². The number of hydrogen-bond acceptors (Lipinski definition) is 3. The van der Waals surface area contributed by atoms with Crippen molar-refractivity contribution in [2.45, 2.75) is 45.2 Å². The van der Waals surface area contributed by atoms with E-state index in [-0.39, 0.29) is 0 Å². The second kappa shape index (κ2) is 6.02. The molecule has 0 spiro atoms. The third kappa shape index (κ3) is 3.54. The summed E-state index contributed by atoms with van der Waals surface area (Å²) in [6.07, 6.45) is 9.42. The third-order valence-corrected chi connectivity index (χ3v) is 4.54. The van der Waals surface area contributed by atoms with Crippen LogP contribution >= 0.6 is 0 Å². The van der Waals surface area contributed by atoms with Crippen molar-refractivity contribution in [2.24, 2.45) is 5.92 Å². The lowest BCUT2D eigenvalue weighted by Gasteiger charge is -2.30. The molecule has 0 radical (unpaired) electrons. The number of pyridine rings is 1. The Morgan fingerprint density at radius 1 is 1.26 bits per heavy atom. The maximum atomic E-state index is 4.29. The topological polar surface area (TPSA) is 28.2 Å². The molecule has 3 nitrogen and oxygen atoms in total. The minimum Gasteiger partial charge on any atom is -0.317 e. The number of aryl methyl sites for hydroxylation is 1. The van der Waals surface area contributed by atoms with Crippen LogP contribution in [-0.2, 0) is 6.54 Å². The second-order valence-electron chi connectivity index (χ2n) is 6.16. The van der Waals surface area contributed by atoms with Crippen LogP contribution in [0.1, 0.15) is 36.8 Å². The Hall–Kier alpha value is -0.930. The molecule has 2 heterocycles. The highest BCUT2D eigenvalue weighted by molar-refractivity contribution is 5.21. The molecule has 3 rings (SSSR count). The summed E-state index contributed by atoms with van der Waals surface area (Å²) >= 11 is 0. The van der Waals surface area contributed by atoms with Crippen molar-refractivity contribution in [2.75, 3.05) is 19.6 Å². The Kier molecular flexibility index (Phi) is 4.14. The van der Waals surface area contributed by atoms with Gasteiger partial charge in [0.15, 0.2) is 0 Å². The van der Waals surface area contributed by atoms with Gasteiger partial charge >= 0.3 is 0 Å². The molecule has 104 valence electrons. The van der Waals surface area contributed by atoms with Crippen LogP contribution < -0.4 is 5.32 Å². The summed E-state index contributed by atoms with van der Waals surface area (Å²) in [5.41, 5.74) is 2.79. The molecule has 3 heteroatoms. The van der Waals surface area contributed by atoms with Crippen molar-refractivity contribution >= 4 is 0 Å². The number of hydrogen-bond donors (Lipinski definition) is 1. The van der Waals surface area contributed by atoms with Gasteiger partial charge in [0.1, 0.15) is 0 Å². The molecule has 0 amide bonds. The summed E-state index contributed by atoms with van der Waals surface area (Å²) in [4.78, 5) is 7.00. The van der Waals surface area contributed by atoms with Gasteiger partial charge in [-0.15, -0.1) is 0 Å². The molecule has 1 aliphatic heterocycles. The van der Waals surface area contributed by atoms with Crippen molar-refractivity contribution in [1.82, 2.24) is 15.2 Å². The van der Waals surface area contributed by atoms with Crippen LogP contribution in [0.5, 0.6) is 0 Å². The predicted octanol–water partition coefficient (Wildman–Crippen LogP) is 2.35. The van der Waals surface area contributed by atoms with E-state index < -0.39 is 0 Å². The number of rotatable bonds is 5. The fraction of sp³-hybridized carbons (Fsp3) is 0.688. The predicted molar refractivity (Wildman–Crippen MR) is 78.0 cm³/mol. The first-order chi connectivity index (χ1) is 9.33. The zero-order chi connectivity index (χ0) is 13.1. The monoisotopic (exact) mass is 259 g/mol. The van der Waals surface area contributed by atoms with Crippen LogP contribution in [0, 0.1) is 12.8 Å². The Balaban J connectivity index is 1.62. The second-order valence-corrected chi connectivity index (χ2v) is 6.16. The fourth-order valence-electron chi connectivity index (χ4n) is 3.06. The number of aromatic nitrogens is 1. The molecule has 1 aromatic rings. The summed E-state index contributed by atoms with van der Waals surface area (Å²) < 4.78 is 0. The van der Waals surface area contributed by atoms with Crippen LogP contribution in [-0.4, -0.2) is 35.6 Å². The van der Waals surface area contributed by atoms with Gasteiger partial charge in [0.2, 0.25) is 0 Å². The molecule has 1 aromatic heterocycles. The lowest BCUT2D eigenvalue weighted by atomic mass is 9.97. The fourth-order valence-corrected chi connectivity index (χ4v) is 3.06. The van der Waals surface area contributed by atoms with Gasteiger partial charge in [0, 0.05) is 31.5 Å². The average molecular weight is 259 g/mol. The van der Waals surface area contributed by atoms with E-state index >= 15 is 0 Å². The SMILES string of the molecule is Cc1ccncc1CN(CC1CCNCC1)C1CC1. The molecule has 0 unspecified atom stereocenters. The Bertz CT molecular complexity index is 408. The number of nitrogens with zero attached hydrogens (tertiary/aromatic N) is 2. The van der Waals surface area contributed by atoms with E-state index in [4.69, 9.17) is 0 Å². The Labute approximate surface area is 116 Å². The highest BCUT2D eigenvalue weighted by Gasteiger charge is 2.31. The lowest BCUT2D eigenvalue weighted by Crippen LogP contribution is -2.37. The summed E-state index contributed by atoms with van der Waals surface area (Å²) in [6, 6.07) is 2.97. The molecule has 1 saturated carbocycles. The summed E-state index contributed by atoms with van der Waals surface area (Å²) in [5.74, 6) is 0.888. The number of piperidine rings is 1. The van der Waals surface area contributed by atoms with E-state index in [1.165, 1.54) is 56.4 Å². The summed E-state index contributed by atoms with van der Waals surface area (Å²) in [5, 5.41) is 3.46. The highest BCUT2D eigenvalue weighted by Crippen LogP contribution is 2.30. The van der Waals surface area contributed by atoms with Gasteiger partial charge in [-0.05, 0) is 68.8 Å². The molecule has 0 atom stereocenters. The van der Waals surface area contributed by atoms with Gasteiger partial charge in [-0.1, -0.05) is 0 Å². The van der Waals surface area contributed by atoms with Crippen LogP contribution in [0.2, 0.25) is 0 Å². The quantitative estimate of drug-likeness (QED) is 0.880. The average Bonchev–Trinajstić information content (AvgIpc) is 3.26. The minimum absolute atomic E-state index is 0.842. The molecule has 19 heavy (non-hydrogen) atoms. The van der Waals surface area contributed by atoms with Crippen LogP contribution in [0.25, 0.3) is 0 Å².